The average Bonchev–Trinajstić information content (AvgIpc) is 3.34. The quantitative estimate of drug-likeness (QED) is 0.506. The summed E-state index contributed by atoms with van der Waals surface area (Å²) in [5, 5.41) is 23.4. The standard InChI is InChI=1S/C27H35NO5/c1-15-9-10-18(11-16(15)2)12-27(4,5)28-13-19(29)14-32-17(3)20-7-6-8-21-22(20)23-24(26(30)31)25(23)33-21/h6-11,17,19,23-25,28-29H,12-14H2,1-5H3,(H,30,31)/t17-,19?,23+,24+,25+/m1/s1. The van der Waals surface area contributed by atoms with Crippen molar-refractivity contribution in [2.75, 3.05) is 13.2 Å². The molecular weight excluding hydrogens is 418 g/mol. The summed E-state index contributed by atoms with van der Waals surface area (Å²) in [5.74, 6) is -0.632. The number of nitrogens with one attached hydrogen (secondary N) is 1. The third-order valence-electron chi connectivity index (χ3n) is 6.95. The number of carboxylic acid groups (broad SMARTS) is 1. The summed E-state index contributed by atoms with van der Waals surface area (Å²) in [7, 11) is 0. The highest BCUT2D eigenvalue weighted by atomic mass is 16.5. The molecular formula is C27H35NO5. The lowest BCUT2D eigenvalue weighted by atomic mass is 9.93. The van der Waals surface area contributed by atoms with Crippen LogP contribution < -0.4 is 10.1 Å². The largest absolute Gasteiger partial charge is 0.489 e. The van der Waals surface area contributed by atoms with Gasteiger partial charge in [0.15, 0.2) is 0 Å². The molecule has 6 heteroatoms. The molecule has 2 aromatic rings. The maximum absolute atomic E-state index is 11.4. The summed E-state index contributed by atoms with van der Waals surface area (Å²) < 4.78 is 11.8. The van der Waals surface area contributed by atoms with E-state index in [0.717, 1.165) is 23.3 Å². The van der Waals surface area contributed by atoms with E-state index in [1.54, 1.807) is 0 Å². The summed E-state index contributed by atoms with van der Waals surface area (Å²) in [5.41, 5.74) is 5.57. The Labute approximate surface area is 195 Å². The molecule has 1 saturated carbocycles. The fourth-order valence-corrected chi connectivity index (χ4v) is 4.87. The summed E-state index contributed by atoms with van der Waals surface area (Å²) in [6.45, 7) is 11.1. The number of aliphatic hydroxyl groups is 1. The van der Waals surface area contributed by atoms with Crippen molar-refractivity contribution in [1.82, 2.24) is 5.32 Å². The predicted molar refractivity (Wildman–Crippen MR) is 127 cm³/mol. The van der Waals surface area contributed by atoms with Crippen molar-refractivity contribution in [3.8, 4) is 5.75 Å². The third-order valence-corrected chi connectivity index (χ3v) is 6.95. The van der Waals surface area contributed by atoms with Gasteiger partial charge in [0.2, 0.25) is 0 Å². The van der Waals surface area contributed by atoms with Crippen molar-refractivity contribution >= 4 is 5.97 Å². The normalized spacial score (nSPS) is 22.8. The van der Waals surface area contributed by atoms with Crippen LogP contribution in [0.2, 0.25) is 0 Å². The van der Waals surface area contributed by atoms with Gasteiger partial charge in [0.25, 0.3) is 0 Å². The van der Waals surface area contributed by atoms with Crippen molar-refractivity contribution in [1.29, 1.82) is 0 Å². The number of carboxylic acids is 1. The van der Waals surface area contributed by atoms with Gasteiger partial charge in [-0.2, -0.15) is 0 Å². The number of aryl methyl sites for hydroxylation is 2. The molecule has 2 aliphatic rings. The molecule has 3 N–H and O–H groups in total. The van der Waals surface area contributed by atoms with Crippen molar-refractivity contribution in [2.24, 2.45) is 5.92 Å². The first-order valence-corrected chi connectivity index (χ1v) is 11.7. The van der Waals surface area contributed by atoms with Crippen LogP contribution >= 0.6 is 0 Å². The van der Waals surface area contributed by atoms with Crippen LogP contribution in [0.15, 0.2) is 36.4 Å². The Morgan fingerprint density at radius 2 is 1.97 bits per heavy atom. The number of rotatable bonds is 10. The highest BCUT2D eigenvalue weighted by Gasteiger charge is 2.63. The summed E-state index contributed by atoms with van der Waals surface area (Å²) in [6, 6.07) is 12.3. The third kappa shape index (κ3) is 5.08. The van der Waals surface area contributed by atoms with Crippen LogP contribution in [0, 0.1) is 19.8 Å². The Bertz CT molecular complexity index is 1030. The zero-order valence-corrected chi connectivity index (χ0v) is 20.1. The maximum atomic E-state index is 11.4. The summed E-state index contributed by atoms with van der Waals surface area (Å²) in [6.07, 6.45) is -0.322. The second kappa shape index (κ2) is 9.09. The second-order valence-corrected chi connectivity index (χ2v) is 10.2. The highest BCUT2D eigenvalue weighted by Crippen LogP contribution is 2.60. The number of hydrogen-bond acceptors (Lipinski definition) is 5. The monoisotopic (exact) mass is 453 g/mol. The smallest absolute Gasteiger partial charge is 0.311 e. The summed E-state index contributed by atoms with van der Waals surface area (Å²) in [4.78, 5) is 11.4. The summed E-state index contributed by atoms with van der Waals surface area (Å²) >= 11 is 0. The molecule has 4 rings (SSSR count). The molecule has 1 heterocycles. The molecule has 178 valence electrons. The Balaban J connectivity index is 1.29. The van der Waals surface area contributed by atoms with Crippen LogP contribution in [0.5, 0.6) is 5.75 Å². The average molecular weight is 454 g/mol. The van der Waals surface area contributed by atoms with Gasteiger partial charge >= 0.3 is 5.97 Å². The van der Waals surface area contributed by atoms with Crippen molar-refractivity contribution in [3.63, 3.8) is 0 Å². The molecule has 2 aromatic carbocycles. The second-order valence-electron chi connectivity index (χ2n) is 10.2. The molecule has 0 saturated heterocycles. The Morgan fingerprint density at radius 3 is 2.67 bits per heavy atom. The maximum Gasteiger partial charge on any atom is 0.311 e. The minimum Gasteiger partial charge on any atom is -0.489 e. The van der Waals surface area contributed by atoms with Gasteiger partial charge in [-0.1, -0.05) is 30.3 Å². The molecule has 0 bridgehead atoms. The van der Waals surface area contributed by atoms with Crippen LogP contribution in [0.25, 0.3) is 0 Å². The van der Waals surface area contributed by atoms with Crippen LogP contribution in [-0.4, -0.2) is 47.1 Å². The number of fused-ring (bicyclic) bond motifs is 3. The zero-order valence-electron chi connectivity index (χ0n) is 20.1. The Hall–Kier alpha value is -2.41. The Morgan fingerprint density at radius 1 is 1.21 bits per heavy atom. The van der Waals surface area contributed by atoms with E-state index >= 15 is 0 Å². The number of aliphatic hydroxyl groups excluding tert-OH is 1. The van der Waals surface area contributed by atoms with Crippen LogP contribution in [0.4, 0.5) is 0 Å². The van der Waals surface area contributed by atoms with E-state index in [-0.39, 0.29) is 30.3 Å². The molecule has 33 heavy (non-hydrogen) atoms. The molecule has 1 unspecified atom stereocenters. The molecule has 0 spiro atoms. The van der Waals surface area contributed by atoms with Gasteiger partial charge in [-0.15, -0.1) is 0 Å². The predicted octanol–water partition coefficient (Wildman–Crippen LogP) is 3.91. The molecule has 1 aliphatic carbocycles. The number of ether oxygens (including phenoxy) is 2. The van der Waals surface area contributed by atoms with E-state index in [4.69, 9.17) is 9.47 Å². The fourth-order valence-electron chi connectivity index (χ4n) is 4.87. The number of hydrogen-bond donors (Lipinski definition) is 3. The van der Waals surface area contributed by atoms with E-state index in [1.165, 1.54) is 16.7 Å². The number of carbonyl (C=O) groups is 1. The minimum absolute atomic E-state index is 0.0995. The SMILES string of the molecule is Cc1ccc(CC(C)(C)NCC(O)CO[C@H](C)c2cccc3c2[C@@H]2[C@H](O3)[C@H]2C(=O)O)cc1C. The van der Waals surface area contributed by atoms with Crippen molar-refractivity contribution in [2.45, 2.75) is 70.8 Å². The van der Waals surface area contributed by atoms with E-state index in [1.807, 2.05) is 25.1 Å². The fraction of sp³-hybridized carbons (Fsp3) is 0.519. The van der Waals surface area contributed by atoms with Gasteiger partial charge in [-0.3, -0.25) is 4.79 Å². The molecule has 6 nitrogen and oxygen atoms in total. The zero-order chi connectivity index (χ0) is 23.9. The van der Waals surface area contributed by atoms with E-state index in [0.29, 0.717) is 6.54 Å². The van der Waals surface area contributed by atoms with Gasteiger partial charge < -0.3 is 25.0 Å². The lowest BCUT2D eigenvalue weighted by Crippen LogP contribution is -2.46. The first kappa shape index (κ1) is 23.7. The molecule has 0 aromatic heterocycles. The highest BCUT2D eigenvalue weighted by molar-refractivity contribution is 5.79. The number of benzene rings is 2. The van der Waals surface area contributed by atoms with Gasteiger partial charge in [0, 0.05) is 23.6 Å². The van der Waals surface area contributed by atoms with Crippen LogP contribution in [0.3, 0.4) is 0 Å². The first-order valence-electron chi connectivity index (χ1n) is 11.7. The molecule has 1 fully saturated rings. The van der Waals surface area contributed by atoms with Crippen molar-refractivity contribution in [3.05, 3.63) is 64.2 Å². The van der Waals surface area contributed by atoms with E-state index in [2.05, 4.69) is 51.2 Å². The molecule has 0 amide bonds. The number of aliphatic carboxylic acids is 1. The molecule has 0 radical (unpaired) electrons. The number of β-amino-alcohol motifs (C(OH)–C–C–N with tert-alkyl or cyclic N) is 1. The van der Waals surface area contributed by atoms with Gasteiger partial charge in [-0.25, -0.2) is 0 Å². The Kier molecular flexibility index (Phi) is 6.54. The van der Waals surface area contributed by atoms with Gasteiger partial charge in [-0.05, 0) is 69.4 Å². The molecule has 5 atom stereocenters. The van der Waals surface area contributed by atoms with E-state index in [9.17, 15) is 15.0 Å². The van der Waals surface area contributed by atoms with Crippen LogP contribution in [-0.2, 0) is 16.0 Å². The topological polar surface area (TPSA) is 88.0 Å². The van der Waals surface area contributed by atoms with Crippen LogP contribution in [0.1, 0.15) is 60.6 Å². The first-order chi connectivity index (χ1) is 15.6. The molecule has 1 aliphatic heterocycles. The van der Waals surface area contributed by atoms with Gasteiger partial charge in [0.1, 0.15) is 17.8 Å². The van der Waals surface area contributed by atoms with Gasteiger partial charge in [0.05, 0.1) is 18.8 Å². The minimum atomic E-state index is -0.816. The van der Waals surface area contributed by atoms with Crippen molar-refractivity contribution < 1.29 is 24.5 Å². The lowest BCUT2D eigenvalue weighted by molar-refractivity contribution is -0.139. The lowest BCUT2D eigenvalue weighted by Gasteiger charge is -2.28. The van der Waals surface area contributed by atoms with E-state index < -0.39 is 18.0 Å².